The summed E-state index contributed by atoms with van der Waals surface area (Å²) in [5.41, 5.74) is -0.348. The molecule has 0 aliphatic heterocycles. The van der Waals surface area contributed by atoms with Gasteiger partial charge >= 0.3 is 0 Å². The van der Waals surface area contributed by atoms with Crippen molar-refractivity contribution >= 4 is 5.69 Å². The molecule has 1 unspecified atom stereocenters. The van der Waals surface area contributed by atoms with Crippen molar-refractivity contribution < 1.29 is 18.8 Å². The number of hydrogen-bond donors (Lipinski definition) is 0. The predicted octanol–water partition coefficient (Wildman–Crippen LogP) is 3.82. The third kappa shape index (κ3) is 3.70. The van der Waals surface area contributed by atoms with Gasteiger partial charge in [-0.05, 0) is 37.3 Å². The van der Waals surface area contributed by atoms with Gasteiger partial charge in [-0.3, -0.25) is 10.1 Å². The van der Waals surface area contributed by atoms with Crippen LogP contribution in [0, 0.1) is 27.3 Å². The summed E-state index contributed by atoms with van der Waals surface area (Å²) in [6, 6.07) is 11.3. The molecule has 0 bridgehead atoms. The van der Waals surface area contributed by atoms with Crippen molar-refractivity contribution in [3.8, 4) is 23.3 Å². The van der Waals surface area contributed by atoms with Gasteiger partial charge in [-0.15, -0.1) is 0 Å². The van der Waals surface area contributed by atoms with Crippen LogP contribution in [0.15, 0.2) is 42.5 Å². The van der Waals surface area contributed by atoms with Gasteiger partial charge in [-0.2, -0.15) is 5.26 Å². The third-order valence-corrected chi connectivity index (χ3v) is 2.67. The van der Waals surface area contributed by atoms with Gasteiger partial charge in [-0.1, -0.05) is 0 Å². The van der Waals surface area contributed by atoms with E-state index in [1.165, 1.54) is 6.07 Å². The first-order chi connectivity index (χ1) is 10.5. The molecule has 0 aliphatic rings. The van der Waals surface area contributed by atoms with Crippen LogP contribution in [0.4, 0.5) is 10.1 Å². The fourth-order valence-electron chi connectivity index (χ4n) is 1.63. The van der Waals surface area contributed by atoms with E-state index in [9.17, 15) is 14.5 Å². The Balaban J connectivity index is 2.11. The van der Waals surface area contributed by atoms with Crippen molar-refractivity contribution in [1.29, 1.82) is 5.26 Å². The van der Waals surface area contributed by atoms with E-state index in [0.717, 1.165) is 12.1 Å². The third-order valence-electron chi connectivity index (χ3n) is 2.67. The average molecular weight is 302 g/mol. The van der Waals surface area contributed by atoms with Gasteiger partial charge < -0.3 is 9.47 Å². The van der Waals surface area contributed by atoms with Crippen LogP contribution in [0.5, 0.6) is 17.2 Å². The minimum Gasteiger partial charge on any atom is -0.476 e. The Bertz CT molecular complexity index is 725. The van der Waals surface area contributed by atoms with Gasteiger partial charge in [-0.25, -0.2) is 4.39 Å². The molecule has 0 amide bonds. The zero-order chi connectivity index (χ0) is 16.1. The molecule has 7 heteroatoms. The number of ether oxygens (including phenoxy) is 2. The maximum atomic E-state index is 13.7. The van der Waals surface area contributed by atoms with E-state index < -0.39 is 16.8 Å². The van der Waals surface area contributed by atoms with Crippen LogP contribution in [-0.4, -0.2) is 11.0 Å². The SMILES string of the molecule is CC(C#N)Oc1ccc(Oc2ccc([N+](=O)[O-])cc2F)cc1. The first kappa shape index (κ1) is 15.3. The zero-order valence-corrected chi connectivity index (χ0v) is 11.5. The van der Waals surface area contributed by atoms with E-state index in [0.29, 0.717) is 11.5 Å². The molecule has 22 heavy (non-hydrogen) atoms. The molecule has 0 saturated heterocycles. The second-order valence-electron chi connectivity index (χ2n) is 4.33. The van der Waals surface area contributed by atoms with Gasteiger partial charge in [0.1, 0.15) is 17.6 Å². The summed E-state index contributed by atoms with van der Waals surface area (Å²) in [6.45, 7) is 1.61. The maximum absolute atomic E-state index is 13.7. The molecule has 0 saturated carbocycles. The standard InChI is InChI=1S/C15H11FN2O4/c1-10(9-17)21-12-3-5-13(6-4-12)22-15-7-2-11(18(19)20)8-14(15)16/h2-8,10H,1H3. The summed E-state index contributed by atoms with van der Waals surface area (Å²) in [4.78, 5) is 9.85. The Hall–Kier alpha value is -3.14. The summed E-state index contributed by atoms with van der Waals surface area (Å²) in [7, 11) is 0. The van der Waals surface area contributed by atoms with Gasteiger partial charge in [0.05, 0.1) is 11.0 Å². The Kier molecular flexibility index (Phi) is 4.53. The Labute approximate surface area is 125 Å². The largest absolute Gasteiger partial charge is 0.476 e. The van der Waals surface area contributed by atoms with Crippen molar-refractivity contribution in [2.75, 3.05) is 0 Å². The number of benzene rings is 2. The number of nitro groups is 1. The van der Waals surface area contributed by atoms with Crippen LogP contribution in [-0.2, 0) is 0 Å². The van der Waals surface area contributed by atoms with Crippen LogP contribution in [0.25, 0.3) is 0 Å². The predicted molar refractivity (Wildman–Crippen MR) is 75.3 cm³/mol. The fraction of sp³-hybridized carbons (Fsp3) is 0.133. The van der Waals surface area contributed by atoms with Crippen LogP contribution in [0.3, 0.4) is 0 Å². The number of halogens is 1. The molecule has 0 spiro atoms. The number of non-ortho nitro benzene ring substituents is 1. The molecule has 0 N–H and O–H groups in total. The van der Waals surface area contributed by atoms with Crippen LogP contribution >= 0.6 is 0 Å². The smallest absolute Gasteiger partial charge is 0.272 e. The normalized spacial score (nSPS) is 11.3. The van der Waals surface area contributed by atoms with E-state index in [2.05, 4.69) is 0 Å². The van der Waals surface area contributed by atoms with Crippen molar-refractivity contribution in [1.82, 2.24) is 0 Å². The average Bonchev–Trinajstić information content (AvgIpc) is 2.50. The summed E-state index contributed by atoms with van der Waals surface area (Å²) < 4.78 is 24.3. The molecule has 2 aromatic carbocycles. The lowest BCUT2D eigenvalue weighted by Gasteiger charge is -2.09. The van der Waals surface area contributed by atoms with Crippen LogP contribution in [0.1, 0.15) is 6.92 Å². The maximum Gasteiger partial charge on any atom is 0.272 e. The van der Waals surface area contributed by atoms with Gasteiger partial charge in [0.2, 0.25) is 0 Å². The Morgan fingerprint density at radius 1 is 1.23 bits per heavy atom. The van der Waals surface area contributed by atoms with Crippen LogP contribution < -0.4 is 9.47 Å². The number of nitriles is 1. The number of hydrogen-bond acceptors (Lipinski definition) is 5. The molecule has 6 nitrogen and oxygen atoms in total. The van der Waals surface area contributed by atoms with Crippen molar-refractivity contribution in [2.24, 2.45) is 0 Å². The second kappa shape index (κ2) is 6.54. The molecule has 2 aromatic rings. The molecule has 0 aromatic heterocycles. The molecular formula is C15H11FN2O4. The highest BCUT2D eigenvalue weighted by Gasteiger charge is 2.12. The summed E-state index contributed by atoms with van der Waals surface area (Å²) in [5.74, 6) is -0.132. The number of nitro benzene ring substituents is 1. The van der Waals surface area contributed by atoms with E-state index in [1.807, 2.05) is 6.07 Å². The van der Waals surface area contributed by atoms with Crippen LogP contribution in [0.2, 0.25) is 0 Å². The fourth-order valence-corrected chi connectivity index (χ4v) is 1.63. The summed E-state index contributed by atoms with van der Waals surface area (Å²) in [5, 5.41) is 19.2. The topological polar surface area (TPSA) is 85.4 Å². The van der Waals surface area contributed by atoms with E-state index in [4.69, 9.17) is 14.7 Å². The molecule has 112 valence electrons. The van der Waals surface area contributed by atoms with Crippen molar-refractivity contribution in [2.45, 2.75) is 13.0 Å². The van der Waals surface area contributed by atoms with Gasteiger partial charge in [0.25, 0.3) is 5.69 Å². The lowest BCUT2D eigenvalue weighted by molar-refractivity contribution is -0.385. The minimum atomic E-state index is -0.826. The minimum absolute atomic E-state index is 0.121. The first-order valence-electron chi connectivity index (χ1n) is 6.27. The molecule has 0 heterocycles. The Morgan fingerprint density at radius 3 is 2.41 bits per heavy atom. The Morgan fingerprint density at radius 2 is 1.86 bits per heavy atom. The lowest BCUT2D eigenvalue weighted by Crippen LogP contribution is -2.07. The molecule has 1 atom stereocenters. The zero-order valence-electron chi connectivity index (χ0n) is 11.5. The highest BCUT2D eigenvalue weighted by molar-refractivity contribution is 5.41. The second-order valence-corrected chi connectivity index (χ2v) is 4.33. The number of rotatable bonds is 5. The summed E-state index contributed by atoms with van der Waals surface area (Å²) in [6.07, 6.45) is -0.584. The highest BCUT2D eigenvalue weighted by atomic mass is 19.1. The van der Waals surface area contributed by atoms with E-state index in [1.54, 1.807) is 31.2 Å². The lowest BCUT2D eigenvalue weighted by atomic mass is 10.3. The van der Waals surface area contributed by atoms with Crippen molar-refractivity contribution in [3.63, 3.8) is 0 Å². The first-order valence-corrected chi connectivity index (χ1v) is 6.27. The van der Waals surface area contributed by atoms with Crippen molar-refractivity contribution in [3.05, 3.63) is 58.4 Å². The molecule has 0 aliphatic carbocycles. The quantitative estimate of drug-likeness (QED) is 0.619. The van der Waals surface area contributed by atoms with Gasteiger partial charge in [0, 0.05) is 6.07 Å². The summed E-state index contributed by atoms with van der Waals surface area (Å²) >= 11 is 0. The van der Waals surface area contributed by atoms with E-state index >= 15 is 0 Å². The molecule has 0 fully saturated rings. The molecule has 0 radical (unpaired) electrons. The van der Waals surface area contributed by atoms with E-state index in [-0.39, 0.29) is 11.4 Å². The monoisotopic (exact) mass is 302 g/mol. The number of nitrogens with zero attached hydrogens (tertiary/aromatic N) is 2. The molecular weight excluding hydrogens is 291 g/mol. The molecule has 2 rings (SSSR count). The van der Waals surface area contributed by atoms with Gasteiger partial charge in [0.15, 0.2) is 17.7 Å². The highest BCUT2D eigenvalue weighted by Crippen LogP contribution is 2.28.